The molecule has 0 unspecified atom stereocenters. The fourth-order valence-corrected chi connectivity index (χ4v) is 4.89. The Labute approximate surface area is 179 Å². The van der Waals surface area contributed by atoms with Gasteiger partial charge in [-0.1, -0.05) is 11.3 Å². The Morgan fingerprint density at radius 1 is 1.03 bits per heavy atom. The van der Waals surface area contributed by atoms with Gasteiger partial charge in [0.15, 0.2) is 0 Å². The van der Waals surface area contributed by atoms with Gasteiger partial charge in [0.05, 0.1) is 11.7 Å². The lowest BCUT2D eigenvalue weighted by molar-refractivity contribution is 0.127. The summed E-state index contributed by atoms with van der Waals surface area (Å²) < 4.78 is 1.90. The van der Waals surface area contributed by atoms with Crippen LogP contribution in [0.5, 0.6) is 5.75 Å². The zero-order chi connectivity index (χ0) is 21.8. The molecule has 0 saturated carbocycles. The number of fused-ring (bicyclic) bond motifs is 1. The van der Waals surface area contributed by atoms with Crippen LogP contribution in [0.1, 0.15) is 46.6 Å². The zero-order valence-corrected chi connectivity index (χ0v) is 18.1. The number of benzene rings is 1. The summed E-state index contributed by atoms with van der Waals surface area (Å²) in [5, 5.41) is 31.9. The summed E-state index contributed by atoms with van der Waals surface area (Å²) in [7, 11) is 0. The second-order valence-electron chi connectivity index (χ2n) is 9.60. The van der Waals surface area contributed by atoms with Gasteiger partial charge in [0.25, 0.3) is 0 Å². The van der Waals surface area contributed by atoms with Crippen molar-refractivity contribution in [1.29, 1.82) is 0 Å². The van der Waals surface area contributed by atoms with Gasteiger partial charge in [0.2, 0.25) is 5.65 Å². The van der Waals surface area contributed by atoms with Crippen molar-refractivity contribution in [2.45, 2.75) is 57.7 Å². The molecule has 0 atom stereocenters. The second kappa shape index (κ2) is 6.84. The molecule has 3 aromatic heterocycles. The van der Waals surface area contributed by atoms with Gasteiger partial charge in [0, 0.05) is 34.6 Å². The van der Waals surface area contributed by atoms with Crippen LogP contribution in [-0.4, -0.2) is 51.3 Å². The van der Waals surface area contributed by atoms with E-state index in [0.717, 1.165) is 18.4 Å². The molecule has 9 heteroatoms. The molecule has 0 aliphatic carbocycles. The maximum Gasteiger partial charge on any atom is 0.201 e. The molecular formula is C22H26N8O. The Balaban J connectivity index is 1.49. The molecule has 1 aliphatic rings. The molecule has 4 aromatic rings. The average Bonchev–Trinajstić information content (AvgIpc) is 3.35. The molecule has 0 amide bonds. The van der Waals surface area contributed by atoms with Gasteiger partial charge in [-0.15, -0.1) is 15.3 Å². The summed E-state index contributed by atoms with van der Waals surface area (Å²) in [5.74, 6) is 0.802. The first-order valence-corrected chi connectivity index (χ1v) is 10.4. The molecule has 1 saturated heterocycles. The van der Waals surface area contributed by atoms with Crippen molar-refractivity contribution in [3.05, 3.63) is 36.7 Å². The minimum absolute atomic E-state index is 0.0143. The van der Waals surface area contributed by atoms with E-state index < -0.39 is 0 Å². The van der Waals surface area contributed by atoms with Crippen LogP contribution in [0.2, 0.25) is 0 Å². The molecule has 0 radical (unpaired) electrons. The summed E-state index contributed by atoms with van der Waals surface area (Å²) in [4.78, 5) is 7.25. The Bertz CT molecular complexity index is 1230. The predicted octanol–water partition coefficient (Wildman–Crippen LogP) is 3.47. The lowest BCUT2D eigenvalue weighted by Crippen LogP contribution is -2.58. The van der Waals surface area contributed by atoms with Crippen LogP contribution < -0.4 is 5.32 Å². The van der Waals surface area contributed by atoms with Gasteiger partial charge in [-0.2, -0.15) is 0 Å². The third-order valence-corrected chi connectivity index (χ3v) is 5.78. The number of hydrogen-bond donors (Lipinski definition) is 3. The van der Waals surface area contributed by atoms with Gasteiger partial charge < -0.3 is 15.4 Å². The van der Waals surface area contributed by atoms with Crippen molar-refractivity contribution >= 4 is 11.2 Å². The topological polar surface area (TPSA) is 117 Å². The first-order chi connectivity index (χ1) is 14.7. The molecule has 4 heterocycles. The molecule has 3 N–H and O–H groups in total. The maximum absolute atomic E-state index is 10.6. The van der Waals surface area contributed by atoms with E-state index in [1.165, 1.54) is 0 Å². The minimum atomic E-state index is -0.0143. The van der Waals surface area contributed by atoms with Gasteiger partial charge >= 0.3 is 0 Å². The number of rotatable bonds is 3. The van der Waals surface area contributed by atoms with E-state index >= 15 is 0 Å². The van der Waals surface area contributed by atoms with Crippen molar-refractivity contribution in [3.8, 4) is 28.4 Å². The van der Waals surface area contributed by atoms with E-state index in [1.54, 1.807) is 18.5 Å². The van der Waals surface area contributed by atoms with Gasteiger partial charge in [-0.3, -0.25) is 0 Å². The van der Waals surface area contributed by atoms with Crippen LogP contribution in [0, 0.1) is 0 Å². The molecule has 1 aliphatic heterocycles. The van der Waals surface area contributed by atoms with Crippen molar-refractivity contribution in [2.24, 2.45) is 0 Å². The number of phenols is 1. The van der Waals surface area contributed by atoms with Crippen LogP contribution in [0.3, 0.4) is 0 Å². The number of phenolic OH excluding ortho intramolecular Hbond substituents is 1. The number of imidazole rings is 1. The van der Waals surface area contributed by atoms with E-state index in [2.05, 4.69) is 63.5 Å². The molecule has 5 rings (SSSR count). The van der Waals surface area contributed by atoms with Crippen molar-refractivity contribution in [1.82, 2.24) is 40.5 Å². The monoisotopic (exact) mass is 418 g/mol. The Kier molecular flexibility index (Phi) is 4.33. The molecule has 9 nitrogen and oxygen atoms in total. The number of aromatic amines is 1. The van der Waals surface area contributed by atoms with Crippen LogP contribution >= 0.6 is 0 Å². The lowest BCUT2D eigenvalue weighted by atomic mass is 9.80. The highest BCUT2D eigenvalue weighted by Gasteiger charge is 2.39. The maximum atomic E-state index is 10.6. The molecule has 160 valence electrons. The Morgan fingerprint density at radius 3 is 2.48 bits per heavy atom. The standard InChI is InChI=1S/C22H26N8O/c1-21(2)11-14(12-22(3,4)28-21)30-20-17(26-29-30)10-16(25-27-20)15-6-5-13(9-18(15)31)19-23-7-8-24-19/h5-10,14,28,31H,11-12H2,1-4H3,(H,23,24). The highest BCUT2D eigenvalue weighted by molar-refractivity contribution is 5.78. The van der Waals surface area contributed by atoms with E-state index in [4.69, 9.17) is 0 Å². The lowest BCUT2D eigenvalue weighted by Gasteiger charge is -2.46. The third kappa shape index (κ3) is 3.65. The van der Waals surface area contributed by atoms with Gasteiger partial charge in [-0.25, -0.2) is 9.67 Å². The second-order valence-corrected chi connectivity index (χ2v) is 9.60. The Hall–Kier alpha value is -3.33. The van der Waals surface area contributed by atoms with E-state index in [9.17, 15) is 5.11 Å². The highest BCUT2D eigenvalue weighted by Crippen LogP contribution is 2.37. The molecule has 31 heavy (non-hydrogen) atoms. The molecular weight excluding hydrogens is 392 g/mol. The number of nitrogens with one attached hydrogen (secondary N) is 2. The smallest absolute Gasteiger partial charge is 0.201 e. The number of H-pyrrole nitrogens is 1. The van der Waals surface area contributed by atoms with Crippen molar-refractivity contribution in [3.63, 3.8) is 0 Å². The van der Waals surface area contributed by atoms with Crippen LogP contribution in [0.4, 0.5) is 0 Å². The van der Waals surface area contributed by atoms with Crippen LogP contribution in [0.15, 0.2) is 36.7 Å². The number of aromatic nitrogens is 7. The van der Waals surface area contributed by atoms with E-state index in [-0.39, 0.29) is 22.9 Å². The number of aromatic hydroxyl groups is 1. The van der Waals surface area contributed by atoms with E-state index in [0.29, 0.717) is 28.2 Å². The largest absolute Gasteiger partial charge is 0.507 e. The SMILES string of the molecule is CC1(C)CC(n2nnc3cc(-c4ccc(-c5ncc[nH]5)cc4O)nnc32)CC(C)(C)N1. The minimum Gasteiger partial charge on any atom is -0.507 e. The van der Waals surface area contributed by atoms with E-state index in [1.807, 2.05) is 22.9 Å². The first-order valence-electron chi connectivity index (χ1n) is 10.4. The summed E-state index contributed by atoms with van der Waals surface area (Å²) in [5.41, 5.74) is 3.22. The van der Waals surface area contributed by atoms with Crippen molar-refractivity contribution in [2.75, 3.05) is 0 Å². The number of piperidine rings is 1. The highest BCUT2D eigenvalue weighted by atomic mass is 16.3. The number of nitrogens with zero attached hydrogens (tertiary/aromatic N) is 6. The quantitative estimate of drug-likeness (QED) is 0.466. The summed E-state index contributed by atoms with van der Waals surface area (Å²) in [6.07, 6.45) is 5.27. The summed E-state index contributed by atoms with van der Waals surface area (Å²) in [6.45, 7) is 8.83. The van der Waals surface area contributed by atoms with Crippen LogP contribution in [-0.2, 0) is 0 Å². The average molecular weight is 419 g/mol. The van der Waals surface area contributed by atoms with Crippen LogP contribution in [0.25, 0.3) is 33.8 Å². The number of hydrogen-bond acceptors (Lipinski definition) is 7. The van der Waals surface area contributed by atoms with Gasteiger partial charge in [-0.05, 0) is 58.7 Å². The Morgan fingerprint density at radius 2 is 1.81 bits per heavy atom. The molecule has 1 fully saturated rings. The fraction of sp³-hybridized carbons (Fsp3) is 0.409. The normalized spacial score (nSPS) is 18.5. The molecule has 0 bridgehead atoms. The third-order valence-electron chi connectivity index (χ3n) is 5.78. The summed E-state index contributed by atoms with van der Waals surface area (Å²) in [6, 6.07) is 7.36. The molecule has 1 aromatic carbocycles. The molecule has 0 spiro atoms. The fourth-order valence-electron chi connectivity index (χ4n) is 4.89. The van der Waals surface area contributed by atoms with Crippen molar-refractivity contribution < 1.29 is 5.11 Å². The summed E-state index contributed by atoms with van der Waals surface area (Å²) >= 11 is 0. The first kappa shape index (κ1) is 19.6. The van der Waals surface area contributed by atoms with Gasteiger partial charge in [0.1, 0.15) is 17.1 Å². The predicted molar refractivity (Wildman–Crippen MR) is 117 cm³/mol. The zero-order valence-electron chi connectivity index (χ0n) is 18.1.